The second-order valence-electron chi connectivity index (χ2n) is 5.20. The van der Waals surface area contributed by atoms with E-state index >= 15 is 0 Å². The summed E-state index contributed by atoms with van der Waals surface area (Å²) in [6, 6.07) is 0. The molecule has 4 heteroatoms. The molecule has 1 saturated carbocycles. The maximum Gasteiger partial charge on any atom is 0.150 e. The van der Waals surface area contributed by atoms with E-state index in [4.69, 9.17) is 0 Å². The SMILES string of the molecule is CNCC1(C2CCS(=O)(=O)C2)CCCC1. The first kappa shape index (κ1) is 11.4. The number of hydrogen-bond donors (Lipinski definition) is 1. The van der Waals surface area contributed by atoms with Crippen LogP contribution in [0, 0.1) is 11.3 Å². The van der Waals surface area contributed by atoms with Gasteiger partial charge >= 0.3 is 0 Å². The Balaban J connectivity index is 2.12. The van der Waals surface area contributed by atoms with Crippen molar-refractivity contribution in [1.29, 1.82) is 0 Å². The van der Waals surface area contributed by atoms with Gasteiger partial charge in [0.25, 0.3) is 0 Å². The molecule has 1 N–H and O–H groups in total. The molecule has 2 fully saturated rings. The molecule has 1 aliphatic carbocycles. The van der Waals surface area contributed by atoms with Gasteiger partial charge in [-0.15, -0.1) is 0 Å². The van der Waals surface area contributed by atoms with Gasteiger partial charge in [-0.25, -0.2) is 8.42 Å². The van der Waals surface area contributed by atoms with Crippen LogP contribution in [0.5, 0.6) is 0 Å². The Morgan fingerprint density at radius 2 is 2.00 bits per heavy atom. The summed E-state index contributed by atoms with van der Waals surface area (Å²) in [5.74, 6) is 1.27. The maximum atomic E-state index is 11.5. The molecule has 0 aromatic heterocycles. The van der Waals surface area contributed by atoms with Gasteiger partial charge in [0.2, 0.25) is 0 Å². The van der Waals surface area contributed by atoms with Gasteiger partial charge in [-0.3, -0.25) is 0 Å². The van der Waals surface area contributed by atoms with Gasteiger partial charge < -0.3 is 5.32 Å². The van der Waals surface area contributed by atoms with E-state index in [9.17, 15) is 8.42 Å². The van der Waals surface area contributed by atoms with Crippen LogP contribution in [0.3, 0.4) is 0 Å². The lowest BCUT2D eigenvalue weighted by molar-refractivity contribution is 0.183. The minimum atomic E-state index is -2.72. The third-order valence-electron chi connectivity index (χ3n) is 4.23. The Hall–Kier alpha value is -0.0900. The van der Waals surface area contributed by atoms with E-state index in [0.29, 0.717) is 17.4 Å². The molecule has 3 nitrogen and oxygen atoms in total. The molecule has 0 spiro atoms. The lowest BCUT2D eigenvalue weighted by atomic mass is 9.73. The van der Waals surface area contributed by atoms with E-state index in [2.05, 4.69) is 5.32 Å². The summed E-state index contributed by atoms with van der Waals surface area (Å²) in [6.45, 7) is 0.993. The molecule has 88 valence electrons. The summed E-state index contributed by atoms with van der Waals surface area (Å²) in [4.78, 5) is 0. The molecule has 0 bridgehead atoms. The van der Waals surface area contributed by atoms with Crippen molar-refractivity contribution in [2.24, 2.45) is 11.3 Å². The normalized spacial score (nSPS) is 33.3. The van der Waals surface area contributed by atoms with Crippen LogP contribution in [0.1, 0.15) is 32.1 Å². The minimum Gasteiger partial charge on any atom is -0.319 e. The topological polar surface area (TPSA) is 46.2 Å². The molecule has 0 aromatic carbocycles. The van der Waals surface area contributed by atoms with Crippen molar-refractivity contribution in [1.82, 2.24) is 5.32 Å². The molecular weight excluding hydrogens is 210 g/mol. The smallest absolute Gasteiger partial charge is 0.150 e. The number of nitrogens with one attached hydrogen (secondary N) is 1. The van der Waals surface area contributed by atoms with Gasteiger partial charge in [0.05, 0.1) is 11.5 Å². The van der Waals surface area contributed by atoms with Crippen LogP contribution in [0.15, 0.2) is 0 Å². The van der Waals surface area contributed by atoms with Crippen LogP contribution in [0.25, 0.3) is 0 Å². The zero-order chi connectivity index (χ0) is 10.9. The Morgan fingerprint density at radius 3 is 2.47 bits per heavy atom. The molecule has 1 unspecified atom stereocenters. The van der Waals surface area contributed by atoms with Crippen molar-refractivity contribution in [3.05, 3.63) is 0 Å². The zero-order valence-corrected chi connectivity index (χ0v) is 10.3. The highest BCUT2D eigenvalue weighted by molar-refractivity contribution is 7.91. The predicted octanol–water partition coefficient (Wildman–Crippen LogP) is 1.20. The van der Waals surface area contributed by atoms with Crippen LogP contribution in [0.4, 0.5) is 0 Å². The summed E-state index contributed by atoms with van der Waals surface area (Å²) in [6.07, 6.45) is 5.88. The van der Waals surface area contributed by atoms with E-state index in [0.717, 1.165) is 13.0 Å². The van der Waals surface area contributed by atoms with Gasteiger partial charge in [0, 0.05) is 6.54 Å². The summed E-state index contributed by atoms with van der Waals surface area (Å²) >= 11 is 0. The standard InChI is InChI=1S/C11H21NO2S/c1-12-9-11(5-2-3-6-11)10-4-7-15(13,14)8-10/h10,12H,2-9H2,1H3. The second-order valence-corrected chi connectivity index (χ2v) is 7.43. The first-order valence-electron chi connectivity index (χ1n) is 5.93. The van der Waals surface area contributed by atoms with Crippen molar-refractivity contribution in [2.75, 3.05) is 25.1 Å². The quantitative estimate of drug-likeness (QED) is 0.794. The first-order chi connectivity index (χ1) is 7.08. The fourth-order valence-corrected chi connectivity index (χ4v) is 5.38. The molecule has 0 radical (unpaired) electrons. The third kappa shape index (κ3) is 2.21. The predicted molar refractivity (Wildman–Crippen MR) is 61.6 cm³/mol. The fraction of sp³-hybridized carbons (Fsp3) is 1.00. The minimum absolute atomic E-state index is 0.290. The molecular formula is C11H21NO2S. The summed E-state index contributed by atoms with van der Waals surface area (Å²) in [7, 11) is -0.741. The van der Waals surface area contributed by atoms with Crippen molar-refractivity contribution in [3.8, 4) is 0 Å². The second kappa shape index (κ2) is 4.06. The molecule has 2 rings (SSSR count). The molecule has 2 aliphatic rings. The average molecular weight is 231 g/mol. The fourth-order valence-electron chi connectivity index (χ4n) is 3.44. The molecule has 0 amide bonds. The van der Waals surface area contributed by atoms with Crippen LogP contribution < -0.4 is 5.32 Å². The molecule has 1 heterocycles. The Morgan fingerprint density at radius 1 is 1.33 bits per heavy atom. The van der Waals surface area contributed by atoms with E-state index in [-0.39, 0.29) is 5.41 Å². The number of hydrogen-bond acceptors (Lipinski definition) is 3. The molecule has 1 atom stereocenters. The van der Waals surface area contributed by atoms with Crippen molar-refractivity contribution in [2.45, 2.75) is 32.1 Å². The molecule has 1 aliphatic heterocycles. The molecule has 1 saturated heterocycles. The van der Waals surface area contributed by atoms with Crippen LogP contribution in [0.2, 0.25) is 0 Å². The van der Waals surface area contributed by atoms with Gasteiger partial charge in [0.1, 0.15) is 0 Å². The largest absolute Gasteiger partial charge is 0.319 e. The maximum absolute atomic E-state index is 11.5. The third-order valence-corrected chi connectivity index (χ3v) is 5.99. The van der Waals surface area contributed by atoms with Crippen molar-refractivity contribution < 1.29 is 8.42 Å². The number of sulfone groups is 1. The van der Waals surface area contributed by atoms with E-state index in [1.807, 2.05) is 7.05 Å². The average Bonchev–Trinajstić information content (AvgIpc) is 2.74. The zero-order valence-electron chi connectivity index (χ0n) is 9.46. The van der Waals surface area contributed by atoms with E-state index in [1.54, 1.807) is 0 Å². The highest BCUT2D eigenvalue weighted by Gasteiger charge is 2.45. The van der Waals surface area contributed by atoms with Gasteiger partial charge in [-0.05, 0) is 37.6 Å². The van der Waals surface area contributed by atoms with Gasteiger partial charge in [0.15, 0.2) is 9.84 Å². The highest BCUT2D eigenvalue weighted by Crippen LogP contribution is 2.47. The Bertz CT molecular complexity index is 317. The lowest BCUT2D eigenvalue weighted by Gasteiger charge is -2.34. The van der Waals surface area contributed by atoms with E-state index < -0.39 is 9.84 Å². The van der Waals surface area contributed by atoms with Gasteiger partial charge in [-0.2, -0.15) is 0 Å². The number of rotatable bonds is 3. The Labute approximate surface area is 92.6 Å². The van der Waals surface area contributed by atoms with Crippen LogP contribution in [-0.2, 0) is 9.84 Å². The van der Waals surface area contributed by atoms with Crippen LogP contribution in [-0.4, -0.2) is 33.5 Å². The lowest BCUT2D eigenvalue weighted by Crippen LogP contribution is -2.37. The van der Waals surface area contributed by atoms with Crippen molar-refractivity contribution in [3.63, 3.8) is 0 Å². The molecule has 15 heavy (non-hydrogen) atoms. The Kier molecular flexibility index (Phi) is 3.08. The van der Waals surface area contributed by atoms with Crippen LogP contribution >= 0.6 is 0 Å². The monoisotopic (exact) mass is 231 g/mol. The first-order valence-corrected chi connectivity index (χ1v) is 7.75. The van der Waals surface area contributed by atoms with Gasteiger partial charge in [-0.1, -0.05) is 12.8 Å². The molecule has 0 aromatic rings. The summed E-state index contributed by atoms with van der Waals surface area (Å²) in [5.41, 5.74) is 0.290. The summed E-state index contributed by atoms with van der Waals surface area (Å²) in [5, 5.41) is 3.26. The van der Waals surface area contributed by atoms with Crippen molar-refractivity contribution >= 4 is 9.84 Å². The summed E-state index contributed by atoms with van der Waals surface area (Å²) < 4.78 is 23.0. The highest BCUT2D eigenvalue weighted by atomic mass is 32.2. The van der Waals surface area contributed by atoms with E-state index in [1.165, 1.54) is 25.7 Å².